The smallest absolute Gasteiger partial charge is 0.226 e. The third kappa shape index (κ3) is 4.53. The number of amides is 1. The summed E-state index contributed by atoms with van der Waals surface area (Å²) in [7, 11) is 0. The van der Waals surface area contributed by atoms with Gasteiger partial charge in [-0.15, -0.1) is 0 Å². The van der Waals surface area contributed by atoms with Crippen molar-refractivity contribution < 1.29 is 14.3 Å². The predicted octanol–water partition coefficient (Wildman–Crippen LogP) is 3.20. The average Bonchev–Trinajstić information content (AvgIpc) is 3.08. The summed E-state index contributed by atoms with van der Waals surface area (Å²) in [5, 5.41) is 3.61. The van der Waals surface area contributed by atoms with Gasteiger partial charge in [0.2, 0.25) is 5.91 Å². The first kappa shape index (κ1) is 18.2. The number of likely N-dealkylation sites (N-methyl/N-ethyl adjacent to an activating group) is 1. The molecular formula is C20H30N2O3. The Morgan fingerprint density at radius 1 is 1.12 bits per heavy atom. The lowest BCUT2D eigenvalue weighted by Crippen LogP contribution is -2.39. The molecule has 0 atom stereocenters. The van der Waals surface area contributed by atoms with Crippen LogP contribution in [-0.2, 0) is 20.7 Å². The number of hydrogen-bond donors (Lipinski definition) is 1. The fraction of sp³-hybridized carbons (Fsp3) is 0.650. The third-order valence-corrected chi connectivity index (χ3v) is 5.36. The third-order valence-electron chi connectivity index (χ3n) is 5.36. The van der Waals surface area contributed by atoms with E-state index >= 15 is 0 Å². The Labute approximate surface area is 150 Å². The van der Waals surface area contributed by atoms with Gasteiger partial charge in [0.1, 0.15) is 0 Å². The minimum absolute atomic E-state index is 0.194. The van der Waals surface area contributed by atoms with Crippen LogP contribution in [0, 0.1) is 0 Å². The zero-order chi connectivity index (χ0) is 17.7. The topological polar surface area (TPSA) is 50.8 Å². The summed E-state index contributed by atoms with van der Waals surface area (Å²) >= 11 is 0. The standard InChI is InChI=1S/C20H30N2O3/c1-3-22(4-2)19(23)15-16-5-7-17(8-6-16)21-18-9-11-20(12-10-18)24-13-14-25-20/h5-8,18,21H,3-4,9-15H2,1-2H3. The van der Waals surface area contributed by atoms with E-state index in [4.69, 9.17) is 9.47 Å². The summed E-state index contributed by atoms with van der Waals surface area (Å²) < 4.78 is 11.6. The van der Waals surface area contributed by atoms with E-state index < -0.39 is 0 Å². The molecule has 1 aromatic rings. The van der Waals surface area contributed by atoms with Gasteiger partial charge < -0.3 is 19.7 Å². The molecule has 1 spiro atoms. The molecule has 2 fully saturated rings. The molecule has 138 valence electrons. The maximum atomic E-state index is 12.2. The molecule has 3 rings (SSSR count). The van der Waals surface area contributed by atoms with Crippen LogP contribution < -0.4 is 5.32 Å². The van der Waals surface area contributed by atoms with Gasteiger partial charge in [-0.05, 0) is 44.4 Å². The van der Waals surface area contributed by atoms with E-state index in [0.29, 0.717) is 12.5 Å². The van der Waals surface area contributed by atoms with Crippen LogP contribution in [0.3, 0.4) is 0 Å². The summed E-state index contributed by atoms with van der Waals surface area (Å²) in [5.74, 6) is -0.104. The van der Waals surface area contributed by atoms with E-state index in [1.165, 1.54) is 0 Å². The first-order chi connectivity index (χ1) is 12.1. The van der Waals surface area contributed by atoms with E-state index in [-0.39, 0.29) is 11.7 Å². The largest absolute Gasteiger partial charge is 0.382 e. The van der Waals surface area contributed by atoms with Crippen molar-refractivity contribution in [3.05, 3.63) is 29.8 Å². The molecule has 0 radical (unpaired) electrons. The molecule has 2 aliphatic rings. The maximum Gasteiger partial charge on any atom is 0.226 e. The normalized spacial score (nSPS) is 19.9. The molecule has 0 bridgehead atoms. The van der Waals surface area contributed by atoms with Gasteiger partial charge in [0.15, 0.2) is 5.79 Å². The predicted molar refractivity (Wildman–Crippen MR) is 98.6 cm³/mol. The SMILES string of the molecule is CCN(CC)C(=O)Cc1ccc(NC2CCC3(CC2)OCCO3)cc1. The molecule has 1 N–H and O–H groups in total. The number of nitrogens with one attached hydrogen (secondary N) is 1. The molecule has 1 aromatic carbocycles. The highest BCUT2D eigenvalue weighted by Crippen LogP contribution is 2.36. The van der Waals surface area contributed by atoms with Gasteiger partial charge in [-0.25, -0.2) is 0 Å². The van der Waals surface area contributed by atoms with E-state index in [1.54, 1.807) is 0 Å². The minimum atomic E-state index is -0.299. The lowest BCUT2D eigenvalue weighted by molar-refractivity contribution is -0.177. The molecule has 0 unspecified atom stereocenters. The summed E-state index contributed by atoms with van der Waals surface area (Å²) in [6.07, 6.45) is 4.51. The van der Waals surface area contributed by atoms with Crippen LogP contribution in [0.25, 0.3) is 0 Å². The van der Waals surface area contributed by atoms with Crippen LogP contribution in [0.2, 0.25) is 0 Å². The second-order valence-corrected chi connectivity index (χ2v) is 6.97. The van der Waals surface area contributed by atoms with Gasteiger partial charge in [-0.1, -0.05) is 12.1 Å². The van der Waals surface area contributed by atoms with Gasteiger partial charge in [-0.2, -0.15) is 0 Å². The number of carbonyl (C=O) groups excluding carboxylic acids is 1. The van der Waals surface area contributed by atoms with Crippen LogP contribution in [0.1, 0.15) is 45.1 Å². The number of nitrogens with zero attached hydrogens (tertiary/aromatic N) is 1. The number of ether oxygens (including phenoxy) is 2. The lowest BCUT2D eigenvalue weighted by atomic mass is 9.90. The van der Waals surface area contributed by atoms with E-state index in [9.17, 15) is 4.79 Å². The summed E-state index contributed by atoms with van der Waals surface area (Å²) in [5.41, 5.74) is 2.19. The first-order valence-electron chi connectivity index (χ1n) is 9.55. The zero-order valence-electron chi connectivity index (χ0n) is 15.4. The Bertz CT molecular complexity index is 553. The molecule has 1 heterocycles. The molecular weight excluding hydrogens is 316 g/mol. The van der Waals surface area contributed by atoms with E-state index in [2.05, 4.69) is 29.6 Å². The zero-order valence-corrected chi connectivity index (χ0v) is 15.4. The number of benzene rings is 1. The van der Waals surface area contributed by atoms with Crippen molar-refractivity contribution >= 4 is 11.6 Å². The molecule has 1 aliphatic heterocycles. The van der Waals surface area contributed by atoms with E-state index in [0.717, 1.165) is 63.2 Å². The molecule has 1 saturated heterocycles. The van der Waals surface area contributed by atoms with E-state index in [1.807, 2.05) is 18.7 Å². The average molecular weight is 346 g/mol. The highest BCUT2D eigenvalue weighted by Gasteiger charge is 2.40. The Morgan fingerprint density at radius 3 is 2.28 bits per heavy atom. The molecule has 1 saturated carbocycles. The Kier molecular flexibility index (Phi) is 5.97. The fourth-order valence-electron chi connectivity index (χ4n) is 3.80. The summed E-state index contributed by atoms with van der Waals surface area (Å²) in [4.78, 5) is 14.1. The van der Waals surface area contributed by atoms with Gasteiger partial charge in [0.05, 0.1) is 19.6 Å². The number of carbonyl (C=O) groups is 1. The monoisotopic (exact) mass is 346 g/mol. The van der Waals surface area contributed by atoms with Crippen LogP contribution in [-0.4, -0.2) is 48.9 Å². The van der Waals surface area contributed by atoms with Crippen LogP contribution in [0.4, 0.5) is 5.69 Å². The van der Waals surface area contributed by atoms with Gasteiger partial charge in [0, 0.05) is 37.7 Å². The summed E-state index contributed by atoms with van der Waals surface area (Å²) in [6.45, 7) is 7.03. The molecule has 5 nitrogen and oxygen atoms in total. The number of anilines is 1. The lowest BCUT2D eigenvalue weighted by Gasteiger charge is -2.36. The van der Waals surface area contributed by atoms with Crippen molar-refractivity contribution in [1.82, 2.24) is 4.90 Å². The van der Waals surface area contributed by atoms with Gasteiger partial charge in [0.25, 0.3) is 0 Å². The molecule has 1 aliphatic carbocycles. The Morgan fingerprint density at radius 2 is 1.72 bits per heavy atom. The second kappa shape index (κ2) is 8.19. The fourth-order valence-corrected chi connectivity index (χ4v) is 3.80. The highest BCUT2D eigenvalue weighted by molar-refractivity contribution is 5.78. The Hall–Kier alpha value is -1.59. The van der Waals surface area contributed by atoms with Crippen molar-refractivity contribution in [2.24, 2.45) is 0 Å². The molecule has 1 amide bonds. The minimum Gasteiger partial charge on any atom is -0.382 e. The Balaban J connectivity index is 1.49. The van der Waals surface area contributed by atoms with Crippen LogP contribution >= 0.6 is 0 Å². The van der Waals surface area contributed by atoms with Crippen LogP contribution in [0.15, 0.2) is 24.3 Å². The highest BCUT2D eigenvalue weighted by atomic mass is 16.7. The number of rotatable bonds is 6. The van der Waals surface area contributed by atoms with Crippen LogP contribution in [0.5, 0.6) is 0 Å². The summed E-state index contributed by atoms with van der Waals surface area (Å²) in [6, 6.07) is 8.73. The maximum absolute atomic E-state index is 12.2. The van der Waals surface area contributed by atoms with Crippen molar-refractivity contribution in [3.63, 3.8) is 0 Å². The first-order valence-corrected chi connectivity index (χ1v) is 9.55. The molecule has 25 heavy (non-hydrogen) atoms. The molecule has 5 heteroatoms. The van der Waals surface area contributed by atoms with Gasteiger partial charge in [-0.3, -0.25) is 4.79 Å². The van der Waals surface area contributed by atoms with Crippen molar-refractivity contribution in [2.45, 2.75) is 57.8 Å². The second-order valence-electron chi connectivity index (χ2n) is 6.97. The van der Waals surface area contributed by atoms with Crippen molar-refractivity contribution in [1.29, 1.82) is 0 Å². The number of hydrogen-bond acceptors (Lipinski definition) is 4. The van der Waals surface area contributed by atoms with Crippen molar-refractivity contribution in [3.8, 4) is 0 Å². The quantitative estimate of drug-likeness (QED) is 0.859. The van der Waals surface area contributed by atoms with Crippen molar-refractivity contribution in [2.75, 3.05) is 31.6 Å². The molecule has 0 aromatic heterocycles. The van der Waals surface area contributed by atoms with Gasteiger partial charge >= 0.3 is 0 Å².